The van der Waals surface area contributed by atoms with Gasteiger partial charge in [-0.2, -0.15) is 0 Å². The number of amides is 1. The number of rotatable bonds is 6. The van der Waals surface area contributed by atoms with E-state index in [4.69, 9.17) is 5.73 Å². The van der Waals surface area contributed by atoms with Gasteiger partial charge in [0.05, 0.1) is 0 Å². The molecule has 2 aromatic carbocycles. The zero-order valence-electron chi connectivity index (χ0n) is 13.5. The van der Waals surface area contributed by atoms with Crippen LogP contribution in [-0.2, 0) is 13.0 Å². The van der Waals surface area contributed by atoms with E-state index in [9.17, 15) is 9.18 Å². The van der Waals surface area contributed by atoms with E-state index in [-0.39, 0.29) is 24.1 Å². The van der Waals surface area contributed by atoms with Crippen LogP contribution < -0.4 is 5.73 Å². The third kappa shape index (κ3) is 4.56. The van der Waals surface area contributed by atoms with Crippen LogP contribution in [0.4, 0.5) is 4.39 Å². The first-order chi connectivity index (χ1) is 11.2. The lowest BCUT2D eigenvalue weighted by atomic mass is 10.1. The summed E-state index contributed by atoms with van der Waals surface area (Å²) in [5, 5.41) is 0. The highest BCUT2D eigenvalue weighted by molar-refractivity contribution is 5.94. The molecule has 2 N–H and O–H groups in total. The summed E-state index contributed by atoms with van der Waals surface area (Å²) in [6, 6.07) is 14.4. The van der Waals surface area contributed by atoms with Crippen molar-refractivity contribution in [2.45, 2.75) is 31.8 Å². The summed E-state index contributed by atoms with van der Waals surface area (Å²) in [5.41, 5.74) is 8.21. The Bertz CT molecular complexity index is 686. The molecule has 3 nitrogen and oxygen atoms in total. The van der Waals surface area contributed by atoms with E-state index in [1.54, 1.807) is 6.07 Å². The quantitative estimate of drug-likeness (QED) is 0.867. The van der Waals surface area contributed by atoms with E-state index in [2.05, 4.69) is 0 Å². The summed E-state index contributed by atoms with van der Waals surface area (Å²) in [4.78, 5) is 14.7. The third-order valence-corrected chi connectivity index (χ3v) is 4.22. The first-order valence-electron chi connectivity index (χ1n) is 8.02. The largest absolute Gasteiger partial charge is 0.335 e. The van der Waals surface area contributed by atoms with Crippen molar-refractivity contribution in [2.75, 3.05) is 6.54 Å². The van der Waals surface area contributed by atoms with Gasteiger partial charge in [-0.3, -0.25) is 4.79 Å². The maximum Gasteiger partial charge on any atom is 0.254 e. The van der Waals surface area contributed by atoms with Crippen LogP contribution in [0.15, 0.2) is 48.5 Å². The molecule has 0 bridgehead atoms. The van der Waals surface area contributed by atoms with Gasteiger partial charge in [0.2, 0.25) is 0 Å². The molecule has 1 fully saturated rings. The highest BCUT2D eigenvalue weighted by atomic mass is 35.5. The highest BCUT2D eigenvalue weighted by Gasteiger charge is 2.32. The second kappa shape index (κ2) is 8.27. The van der Waals surface area contributed by atoms with Gasteiger partial charge in [0.25, 0.3) is 5.91 Å². The van der Waals surface area contributed by atoms with Gasteiger partial charge in [-0.1, -0.05) is 24.3 Å². The third-order valence-electron chi connectivity index (χ3n) is 4.22. The molecule has 1 aliphatic rings. The van der Waals surface area contributed by atoms with Crippen LogP contribution >= 0.6 is 12.4 Å². The Morgan fingerprint density at radius 3 is 2.42 bits per heavy atom. The lowest BCUT2D eigenvalue weighted by molar-refractivity contribution is 0.0745. The molecule has 128 valence electrons. The molecule has 0 heterocycles. The normalized spacial score (nSPS) is 13.2. The van der Waals surface area contributed by atoms with Crippen LogP contribution in [-0.4, -0.2) is 23.4 Å². The summed E-state index contributed by atoms with van der Waals surface area (Å²) in [7, 11) is 0. The second-order valence-electron chi connectivity index (χ2n) is 6.01. The second-order valence-corrected chi connectivity index (χ2v) is 6.01. The first kappa shape index (κ1) is 18.4. The van der Waals surface area contributed by atoms with Crippen LogP contribution in [0.3, 0.4) is 0 Å². The monoisotopic (exact) mass is 348 g/mol. The molecule has 0 atom stereocenters. The molecule has 0 radical (unpaired) electrons. The number of carbonyl (C=O) groups excluding carboxylic acids is 1. The molecular weight excluding hydrogens is 327 g/mol. The average molecular weight is 349 g/mol. The maximum absolute atomic E-state index is 13.3. The Morgan fingerprint density at radius 1 is 1.12 bits per heavy atom. The summed E-state index contributed by atoms with van der Waals surface area (Å²) in [6.07, 6.45) is 2.77. The lowest BCUT2D eigenvalue weighted by Crippen LogP contribution is -2.35. The molecule has 0 spiro atoms. The van der Waals surface area contributed by atoms with Gasteiger partial charge >= 0.3 is 0 Å². The Kier molecular flexibility index (Phi) is 6.35. The minimum absolute atomic E-state index is 0. The van der Waals surface area contributed by atoms with E-state index in [0.29, 0.717) is 31.1 Å². The number of nitrogens with two attached hydrogens (primary N) is 1. The standard InChI is InChI=1S/C19H21FN2O.ClH/c20-17-3-1-2-14(12-17)10-11-22(18-8-9-18)19(23)16-6-4-15(13-21)5-7-16;/h1-7,12,18H,8-11,13,21H2;1H. The van der Waals surface area contributed by atoms with E-state index in [1.165, 1.54) is 12.1 Å². The summed E-state index contributed by atoms with van der Waals surface area (Å²) >= 11 is 0. The molecule has 2 aromatic rings. The molecule has 1 amide bonds. The number of nitrogens with zero attached hydrogens (tertiary/aromatic N) is 1. The van der Waals surface area contributed by atoms with E-state index < -0.39 is 0 Å². The van der Waals surface area contributed by atoms with Gasteiger partial charge in [0, 0.05) is 24.7 Å². The predicted molar refractivity (Wildman–Crippen MR) is 95.7 cm³/mol. The van der Waals surface area contributed by atoms with Crippen LogP contribution in [0.5, 0.6) is 0 Å². The minimum Gasteiger partial charge on any atom is -0.335 e. The zero-order valence-corrected chi connectivity index (χ0v) is 14.3. The number of benzene rings is 2. The topological polar surface area (TPSA) is 46.3 Å². The molecule has 5 heteroatoms. The van der Waals surface area contributed by atoms with E-state index in [1.807, 2.05) is 35.2 Å². The van der Waals surface area contributed by atoms with Crippen molar-refractivity contribution < 1.29 is 9.18 Å². The Morgan fingerprint density at radius 2 is 1.83 bits per heavy atom. The van der Waals surface area contributed by atoms with Crippen molar-refractivity contribution in [1.82, 2.24) is 4.90 Å². The summed E-state index contributed by atoms with van der Waals surface area (Å²) in [5.74, 6) is -0.184. The van der Waals surface area contributed by atoms with Gasteiger partial charge < -0.3 is 10.6 Å². The van der Waals surface area contributed by atoms with Crippen molar-refractivity contribution >= 4 is 18.3 Å². The van der Waals surface area contributed by atoms with Crippen LogP contribution in [0.2, 0.25) is 0 Å². The van der Waals surface area contributed by atoms with E-state index >= 15 is 0 Å². The highest BCUT2D eigenvalue weighted by Crippen LogP contribution is 2.28. The van der Waals surface area contributed by atoms with Crippen molar-refractivity contribution in [3.05, 3.63) is 71.0 Å². The summed E-state index contributed by atoms with van der Waals surface area (Å²) in [6.45, 7) is 1.09. The van der Waals surface area contributed by atoms with E-state index in [0.717, 1.165) is 24.0 Å². The number of carbonyl (C=O) groups is 1. The molecule has 0 aliphatic heterocycles. The van der Waals surface area contributed by atoms with Crippen molar-refractivity contribution in [3.8, 4) is 0 Å². The fourth-order valence-electron chi connectivity index (χ4n) is 2.73. The van der Waals surface area contributed by atoms with Crippen LogP contribution in [0, 0.1) is 5.82 Å². The molecular formula is C19H22ClFN2O. The van der Waals surface area contributed by atoms with Gasteiger partial charge in [0.15, 0.2) is 0 Å². The van der Waals surface area contributed by atoms with Crippen LogP contribution in [0.1, 0.15) is 34.3 Å². The Hall–Kier alpha value is -1.91. The molecule has 0 saturated heterocycles. The number of halogens is 2. The minimum atomic E-state index is -0.232. The van der Waals surface area contributed by atoms with Crippen molar-refractivity contribution in [3.63, 3.8) is 0 Å². The average Bonchev–Trinajstić information content (AvgIpc) is 3.40. The van der Waals surface area contributed by atoms with Gasteiger partial charge in [-0.25, -0.2) is 4.39 Å². The molecule has 0 unspecified atom stereocenters. The number of hydrogen-bond donors (Lipinski definition) is 1. The van der Waals surface area contributed by atoms with Gasteiger partial charge in [0.1, 0.15) is 5.82 Å². The first-order valence-corrected chi connectivity index (χ1v) is 8.02. The maximum atomic E-state index is 13.3. The smallest absolute Gasteiger partial charge is 0.254 e. The van der Waals surface area contributed by atoms with Crippen LogP contribution in [0.25, 0.3) is 0 Å². The Labute approximate surface area is 148 Å². The molecule has 1 aliphatic carbocycles. The number of hydrogen-bond acceptors (Lipinski definition) is 2. The van der Waals surface area contributed by atoms with Gasteiger partial charge in [-0.15, -0.1) is 12.4 Å². The fraction of sp³-hybridized carbons (Fsp3) is 0.316. The summed E-state index contributed by atoms with van der Waals surface area (Å²) < 4.78 is 13.3. The lowest BCUT2D eigenvalue weighted by Gasteiger charge is -2.22. The van der Waals surface area contributed by atoms with Crippen molar-refractivity contribution in [2.24, 2.45) is 5.73 Å². The molecule has 1 saturated carbocycles. The van der Waals surface area contributed by atoms with Gasteiger partial charge in [-0.05, 0) is 54.7 Å². The zero-order chi connectivity index (χ0) is 16.2. The Balaban J connectivity index is 0.00000208. The fourth-order valence-corrected chi connectivity index (χ4v) is 2.73. The van der Waals surface area contributed by atoms with Crippen molar-refractivity contribution in [1.29, 1.82) is 0 Å². The predicted octanol–water partition coefficient (Wildman–Crippen LogP) is 3.55. The molecule has 24 heavy (non-hydrogen) atoms. The molecule has 3 rings (SSSR count). The SMILES string of the molecule is Cl.NCc1ccc(C(=O)N(CCc2cccc(F)c2)C2CC2)cc1. The molecule has 0 aromatic heterocycles.